The number of aliphatic carboxylic acids is 1. The van der Waals surface area contributed by atoms with Gasteiger partial charge in [0.1, 0.15) is 5.75 Å². The van der Waals surface area contributed by atoms with Crippen LogP contribution in [0.25, 0.3) is 0 Å². The van der Waals surface area contributed by atoms with Crippen molar-refractivity contribution in [1.29, 1.82) is 0 Å². The Morgan fingerprint density at radius 1 is 1.29 bits per heavy atom. The smallest absolute Gasteiger partial charge is 0.260 e. The van der Waals surface area contributed by atoms with E-state index in [2.05, 4.69) is 0 Å². The lowest BCUT2D eigenvalue weighted by atomic mass is 9.97. The van der Waals surface area contributed by atoms with Gasteiger partial charge < -0.3 is 19.5 Å². The van der Waals surface area contributed by atoms with E-state index in [1.165, 1.54) is 6.07 Å². The molecule has 0 radical (unpaired) electrons. The lowest BCUT2D eigenvalue weighted by Crippen LogP contribution is -2.45. The van der Waals surface area contributed by atoms with Gasteiger partial charge in [-0.25, -0.2) is 0 Å². The molecule has 0 unspecified atom stereocenters. The van der Waals surface area contributed by atoms with E-state index in [4.69, 9.17) is 27.9 Å². The summed E-state index contributed by atoms with van der Waals surface area (Å²) < 4.78 is 5.37. The van der Waals surface area contributed by atoms with Gasteiger partial charge in [0.05, 0.1) is 5.02 Å². The van der Waals surface area contributed by atoms with E-state index in [1.54, 1.807) is 17.0 Å². The van der Waals surface area contributed by atoms with Gasteiger partial charge in [0.25, 0.3) is 5.91 Å². The fraction of sp³-hybridized carbons (Fsp3) is 0.429. The van der Waals surface area contributed by atoms with Crippen LogP contribution < -0.4 is 9.84 Å². The van der Waals surface area contributed by atoms with Crippen LogP contribution in [0.3, 0.4) is 0 Å². The lowest BCUT2D eigenvalue weighted by molar-refractivity contribution is -0.312. The molecule has 1 aliphatic heterocycles. The highest BCUT2D eigenvalue weighted by Gasteiger charge is 2.23. The molecule has 0 spiro atoms. The number of halogens is 2. The molecule has 1 heterocycles. The molecule has 114 valence electrons. The van der Waals surface area contributed by atoms with Gasteiger partial charge in [-0.05, 0) is 31.0 Å². The Kier molecular flexibility index (Phi) is 5.31. The summed E-state index contributed by atoms with van der Waals surface area (Å²) in [6.45, 7) is 0.654. The summed E-state index contributed by atoms with van der Waals surface area (Å²) in [6.07, 6.45) is 0.825. The summed E-state index contributed by atoms with van der Waals surface area (Å²) in [5, 5.41) is 11.6. The van der Waals surface area contributed by atoms with Crippen LogP contribution in [0.4, 0.5) is 0 Å². The number of piperidine rings is 1. The molecule has 1 fully saturated rings. The van der Waals surface area contributed by atoms with E-state index in [0.29, 0.717) is 41.7 Å². The maximum absolute atomic E-state index is 12.0. The van der Waals surface area contributed by atoms with E-state index >= 15 is 0 Å². The van der Waals surface area contributed by atoms with Crippen LogP contribution in [-0.4, -0.2) is 36.5 Å². The van der Waals surface area contributed by atoms with Crippen molar-refractivity contribution in [3.05, 3.63) is 28.2 Å². The molecule has 5 nitrogen and oxygen atoms in total. The van der Waals surface area contributed by atoms with Crippen LogP contribution in [-0.2, 0) is 9.59 Å². The molecule has 0 aliphatic carbocycles. The molecule has 21 heavy (non-hydrogen) atoms. The third-order valence-electron chi connectivity index (χ3n) is 3.43. The SMILES string of the molecule is O=C([O-])C1CCN(C(=O)COc2ccc(Cl)cc2Cl)CC1. The van der Waals surface area contributed by atoms with Crippen molar-refractivity contribution in [2.75, 3.05) is 19.7 Å². The molecule has 1 saturated heterocycles. The fourth-order valence-corrected chi connectivity index (χ4v) is 2.65. The van der Waals surface area contributed by atoms with Crippen LogP contribution in [0.5, 0.6) is 5.75 Å². The summed E-state index contributed by atoms with van der Waals surface area (Å²) >= 11 is 11.7. The second-order valence-corrected chi connectivity index (χ2v) is 5.68. The summed E-state index contributed by atoms with van der Waals surface area (Å²) in [5.41, 5.74) is 0. The summed E-state index contributed by atoms with van der Waals surface area (Å²) in [7, 11) is 0. The Labute approximate surface area is 132 Å². The number of hydrogen-bond donors (Lipinski definition) is 0. The predicted molar refractivity (Wildman–Crippen MR) is 76.3 cm³/mol. The van der Waals surface area contributed by atoms with Crippen LogP contribution in [0.2, 0.25) is 10.0 Å². The molecule has 1 amide bonds. The normalized spacial score (nSPS) is 15.8. The van der Waals surface area contributed by atoms with Gasteiger partial charge in [0.15, 0.2) is 6.61 Å². The minimum atomic E-state index is -1.05. The average Bonchev–Trinajstić information content (AvgIpc) is 2.46. The molecular formula is C14H14Cl2NO4-. The second-order valence-electron chi connectivity index (χ2n) is 4.84. The number of likely N-dealkylation sites (tertiary alicyclic amines) is 1. The van der Waals surface area contributed by atoms with E-state index in [-0.39, 0.29) is 12.5 Å². The fourth-order valence-electron chi connectivity index (χ4n) is 2.19. The van der Waals surface area contributed by atoms with E-state index in [0.717, 1.165) is 0 Å². The molecule has 2 rings (SSSR count). The first-order chi connectivity index (χ1) is 9.97. The Balaban J connectivity index is 1.84. The number of carbonyl (C=O) groups is 2. The lowest BCUT2D eigenvalue weighted by Gasteiger charge is -2.32. The van der Waals surface area contributed by atoms with Gasteiger partial charge in [-0.3, -0.25) is 4.79 Å². The zero-order chi connectivity index (χ0) is 15.4. The molecule has 7 heteroatoms. The summed E-state index contributed by atoms with van der Waals surface area (Å²) in [4.78, 5) is 24.3. The number of carbonyl (C=O) groups excluding carboxylic acids is 2. The highest BCUT2D eigenvalue weighted by Crippen LogP contribution is 2.27. The van der Waals surface area contributed by atoms with Crippen molar-refractivity contribution >= 4 is 35.1 Å². The van der Waals surface area contributed by atoms with E-state index < -0.39 is 11.9 Å². The number of rotatable bonds is 4. The molecular weight excluding hydrogens is 317 g/mol. The highest BCUT2D eigenvalue weighted by atomic mass is 35.5. The Bertz CT molecular complexity index is 542. The maximum atomic E-state index is 12.0. The van der Waals surface area contributed by atoms with Crippen molar-refractivity contribution < 1.29 is 19.4 Å². The average molecular weight is 331 g/mol. The largest absolute Gasteiger partial charge is 0.550 e. The summed E-state index contributed by atoms with van der Waals surface area (Å²) in [6, 6.07) is 4.76. The maximum Gasteiger partial charge on any atom is 0.260 e. The van der Waals surface area contributed by atoms with Gasteiger partial charge in [-0.15, -0.1) is 0 Å². The third kappa shape index (κ3) is 4.25. The molecule has 1 aliphatic rings. The van der Waals surface area contributed by atoms with Crippen LogP contribution >= 0.6 is 23.2 Å². The Hall–Kier alpha value is -1.46. The van der Waals surface area contributed by atoms with Crippen molar-refractivity contribution in [3.8, 4) is 5.75 Å². The quantitative estimate of drug-likeness (QED) is 0.835. The first-order valence-electron chi connectivity index (χ1n) is 6.54. The second kappa shape index (κ2) is 7.00. The zero-order valence-corrected chi connectivity index (χ0v) is 12.7. The van der Waals surface area contributed by atoms with Crippen LogP contribution in [0, 0.1) is 5.92 Å². The van der Waals surface area contributed by atoms with Gasteiger partial charge in [-0.1, -0.05) is 23.2 Å². The number of amides is 1. The minimum absolute atomic E-state index is 0.142. The highest BCUT2D eigenvalue weighted by molar-refractivity contribution is 6.35. The number of ether oxygens (including phenoxy) is 1. The molecule has 1 aromatic rings. The number of benzene rings is 1. The predicted octanol–water partition coefficient (Wildman–Crippen LogP) is 1.36. The van der Waals surface area contributed by atoms with Crippen LogP contribution in [0.1, 0.15) is 12.8 Å². The van der Waals surface area contributed by atoms with Gasteiger partial charge in [-0.2, -0.15) is 0 Å². The first-order valence-corrected chi connectivity index (χ1v) is 7.29. The van der Waals surface area contributed by atoms with E-state index in [1.807, 2.05) is 0 Å². The van der Waals surface area contributed by atoms with Crippen molar-refractivity contribution in [2.45, 2.75) is 12.8 Å². The first kappa shape index (κ1) is 15.9. The molecule has 0 aromatic heterocycles. The standard InChI is InChI=1S/C14H15Cl2NO4/c15-10-1-2-12(11(16)7-10)21-8-13(18)17-5-3-9(4-6-17)14(19)20/h1-2,7,9H,3-6,8H2,(H,19,20)/p-1. The van der Waals surface area contributed by atoms with E-state index in [9.17, 15) is 14.7 Å². The van der Waals surface area contributed by atoms with Gasteiger partial charge in [0, 0.05) is 30.0 Å². The number of carboxylic acids is 1. The minimum Gasteiger partial charge on any atom is -0.550 e. The molecule has 0 N–H and O–H groups in total. The van der Waals surface area contributed by atoms with Crippen LogP contribution in [0.15, 0.2) is 18.2 Å². The Morgan fingerprint density at radius 2 is 1.95 bits per heavy atom. The molecule has 1 aromatic carbocycles. The molecule has 0 atom stereocenters. The Morgan fingerprint density at radius 3 is 2.52 bits per heavy atom. The summed E-state index contributed by atoms with van der Waals surface area (Å²) in [5.74, 6) is -1.33. The topological polar surface area (TPSA) is 69.7 Å². The van der Waals surface area contributed by atoms with Gasteiger partial charge >= 0.3 is 0 Å². The molecule has 0 saturated carbocycles. The van der Waals surface area contributed by atoms with Crippen molar-refractivity contribution in [3.63, 3.8) is 0 Å². The number of hydrogen-bond acceptors (Lipinski definition) is 4. The third-order valence-corrected chi connectivity index (χ3v) is 3.96. The van der Waals surface area contributed by atoms with Gasteiger partial charge in [0.2, 0.25) is 0 Å². The monoisotopic (exact) mass is 330 g/mol. The molecule has 0 bridgehead atoms. The number of carboxylic acid groups (broad SMARTS) is 1. The zero-order valence-electron chi connectivity index (χ0n) is 11.2. The van der Waals surface area contributed by atoms with Crippen molar-refractivity contribution in [1.82, 2.24) is 4.90 Å². The number of nitrogens with zero attached hydrogens (tertiary/aromatic N) is 1. The van der Waals surface area contributed by atoms with Crippen molar-refractivity contribution in [2.24, 2.45) is 5.92 Å².